The number of methoxy groups -OCH3 is 1. The minimum atomic E-state index is -0.438. The summed E-state index contributed by atoms with van der Waals surface area (Å²) in [5.74, 6) is 1.79. The van der Waals surface area contributed by atoms with Crippen LogP contribution in [0, 0.1) is 0 Å². The van der Waals surface area contributed by atoms with Gasteiger partial charge in [0.1, 0.15) is 11.5 Å². The van der Waals surface area contributed by atoms with Crippen molar-refractivity contribution in [2.45, 2.75) is 37.6 Å². The van der Waals surface area contributed by atoms with Crippen LogP contribution in [0.1, 0.15) is 42.0 Å². The summed E-state index contributed by atoms with van der Waals surface area (Å²) in [4.78, 5) is 2.51. The molecule has 3 aromatic rings. The van der Waals surface area contributed by atoms with Gasteiger partial charge in [0.2, 0.25) is 5.72 Å². The van der Waals surface area contributed by atoms with Crippen molar-refractivity contribution in [3.63, 3.8) is 0 Å². The van der Waals surface area contributed by atoms with E-state index < -0.39 is 5.72 Å². The first-order valence-electron chi connectivity index (χ1n) is 11.9. The molecule has 1 fully saturated rings. The van der Waals surface area contributed by atoms with E-state index in [1.165, 1.54) is 5.56 Å². The molecule has 0 aliphatic carbocycles. The molecule has 1 unspecified atom stereocenters. The number of benzene rings is 3. The highest BCUT2D eigenvalue weighted by atomic mass is 35.5. The fourth-order valence-electron chi connectivity index (χ4n) is 5.44. The molecule has 3 aromatic carbocycles. The largest absolute Gasteiger partial charge is 0.497 e. The van der Waals surface area contributed by atoms with Gasteiger partial charge < -0.3 is 9.47 Å². The highest BCUT2D eigenvalue weighted by molar-refractivity contribution is 6.30. The Balaban J connectivity index is 1.30. The number of halogens is 1. The summed E-state index contributed by atoms with van der Waals surface area (Å²) in [5, 5.41) is 8.14. The zero-order valence-corrected chi connectivity index (χ0v) is 20.0. The Hall–Kier alpha value is -3.02. The van der Waals surface area contributed by atoms with Crippen LogP contribution in [0.4, 0.5) is 0 Å². The minimum absolute atomic E-state index is 0.125. The number of nitrogens with zero attached hydrogens (tertiary/aromatic N) is 3. The molecule has 3 heterocycles. The van der Waals surface area contributed by atoms with Gasteiger partial charge in [0.05, 0.1) is 18.9 Å². The third-order valence-corrected chi connectivity index (χ3v) is 7.50. The van der Waals surface area contributed by atoms with Crippen LogP contribution in [0.15, 0.2) is 77.9 Å². The fraction of sp³-hybridized carbons (Fsp3) is 0.321. The summed E-state index contributed by atoms with van der Waals surface area (Å²) < 4.78 is 12.1. The van der Waals surface area contributed by atoms with E-state index in [-0.39, 0.29) is 6.04 Å². The number of likely N-dealkylation sites (tertiary alicyclic amines) is 1. The fourth-order valence-corrected chi connectivity index (χ4v) is 5.62. The molecular formula is C28H28ClN3O2. The lowest BCUT2D eigenvalue weighted by atomic mass is 9.90. The Morgan fingerprint density at radius 3 is 2.53 bits per heavy atom. The van der Waals surface area contributed by atoms with Gasteiger partial charge >= 0.3 is 0 Å². The Morgan fingerprint density at radius 2 is 1.79 bits per heavy atom. The standard InChI is InChI=1S/C28H28ClN3O2/c1-33-23-10-7-21(8-11-23)25-18-26-24-17-22(29)9-12-27(24)34-28(32(26)30-25)13-15-31(16-14-28)19-20-5-3-2-4-6-20/h2-12,17,26H,13-16,18-19H2,1H3. The molecule has 0 saturated carbocycles. The third kappa shape index (κ3) is 3.83. The molecule has 0 bridgehead atoms. The van der Waals surface area contributed by atoms with E-state index in [4.69, 9.17) is 26.2 Å². The van der Waals surface area contributed by atoms with Crippen molar-refractivity contribution >= 4 is 17.3 Å². The second-order valence-electron chi connectivity index (χ2n) is 9.33. The second kappa shape index (κ2) is 8.64. The molecule has 0 radical (unpaired) electrons. The summed E-state index contributed by atoms with van der Waals surface area (Å²) in [6.07, 6.45) is 2.63. The molecule has 5 nitrogen and oxygen atoms in total. The smallest absolute Gasteiger partial charge is 0.200 e. The highest BCUT2D eigenvalue weighted by Crippen LogP contribution is 2.50. The first-order chi connectivity index (χ1) is 16.6. The maximum absolute atomic E-state index is 6.76. The average Bonchev–Trinajstić information content (AvgIpc) is 3.34. The Bertz CT molecular complexity index is 1200. The predicted molar refractivity (Wildman–Crippen MR) is 134 cm³/mol. The van der Waals surface area contributed by atoms with Gasteiger partial charge in [0, 0.05) is 49.5 Å². The average molecular weight is 474 g/mol. The Labute approximate surface area is 205 Å². The van der Waals surface area contributed by atoms with Crippen LogP contribution in [0.3, 0.4) is 0 Å². The number of hydrogen-bond donors (Lipinski definition) is 0. The molecule has 1 saturated heterocycles. The zero-order chi connectivity index (χ0) is 23.1. The molecule has 0 N–H and O–H groups in total. The first kappa shape index (κ1) is 21.5. The summed E-state index contributed by atoms with van der Waals surface area (Å²) in [5.41, 5.74) is 4.23. The molecule has 1 spiro atoms. The molecule has 3 aliphatic heterocycles. The molecule has 1 atom stereocenters. The van der Waals surface area contributed by atoms with Crippen molar-refractivity contribution in [2.24, 2.45) is 5.10 Å². The van der Waals surface area contributed by atoms with Crippen LogP contribution in [0.2, 0.25) is 5.02 Å². The molecule has 6 heteroatoms. The molecule has 0 aromatic heterocycles. The van der Waals surface area contributed by atoms with Gasteiger partial charge in [-0.25, -0.2) is 5.01 Å². The lowest BCUT2D eigenvalue weighted by molar-refractivity contribution is -0.150. The highest BCUT2D eigenvalue weighted by Gasteiger charge is 2.51. The van der Waals surface area contributed by atoms with Crippen molar-refractivity contribution in [3.8, 4) is 11.5 Å². The van der Waals surface area contributed by atoms with E-state index >= 15 is 0 Å². The number of ether oxygens (including phenoxy) is 2. The van der Waals surface area contributed by atoms with E-state index in [9.17, 15) is 0 Å². The summed E-state index contributed by atoms with van der Waals surface area (Å²) in [7, 11) is 1.69. The molecule has 0 amide bonds. The molecule has 34 heavy (non-hydrogen) atoms. The molecule has 174 valence electrons. The number of fused-ring (bicyclic) bond motifs is 4. The zero-order valence-electron chi connectivity index (χ0n) is 19.3. The maximum atomic E-state index is 6.76. The van der Waals surface area contributed by atoms with Crippen molar-refractivity contribution in [1.82, 2.24) is 9.91 Å². The number of hydrazone groups is 1. The number of piperidine rings is 1. The van der Waals surface area contributed by atoms with Crippen LogP contribution in [-0.4, -0.2) is 41.5 Å². The first-order valence-corrected chi connectivity index (χ1v) is 12.3. The van der Waals surface area contributed by atoms with Crippen molar-refractivity contribution in [2.75, 3.05) is 20.2 Å². The van der Waals surface area contributed by atoms with Crippen LogP contribution in [-0.2, 0) is 6.54 Å². The van der Waals surface area contributed by atoms with Gasteiger partial charge in [0.25, 0.3) is 0 Å². The van der Waals surface area contributed by atoms with Gasteiger partial charge in [-0.3, -0.25) is 4.90 Å². The molecule has 3 aliphatic rings. The third-order valence-electron chi connectivity index (χ3n) is 7.27. The summed E-state index contributed by atoms with van der Waals surface area (Å²) in [6, 6.07) is 25.0. The van der Waals surface area contributed by atoms with E-state index in [1.807, 2.05) is 30.3 Å². The molecule has 6 rings (SSSR count). The van der Waals surface area contributed by atoms with Crippen molar-refractivity contribution < 1.29 is 9.47 Å². The predicted octanol–water partition coefficient (Wildman–Crippen LogP) is 5.88. The number of hydrogen-bond acceptors (Lipinski definition) is 5. The van der Waals surface area contributed by atoms with Crippen molar-refractivity contribution in [1.29, 1.82) is 0 Å². The number of rotatable bonds is 4. The minimum Gasteiger partial charge on any atom is -0.497 e. The van der Waals surface area contributed by atoms with Crippen molar-refractivity contribution in [3.05, 3.63) is 94.5 Å². The van der Waals surface area contributed by atoms with Gasteiger partial charge in [-0.1, -0.05) is 41.9 Å². The second-order valence-corrected chi connectivity index (χ2v) is 9.77. The molecular weight excluding hydrogens is 446 g/mol. The van der Waals surface area contributed by atoms with Gasteiger partial charge in [-0.05, 0) is 53.6 Å². The van der Waals surface area contributed by atoms with E-state index in [0.29, 0.717) is 0 Å². The van der Waals surface area contributed by atoms with E-state index in [2.05, 4.69) is 52.4 Å². The quantitative estimate of drug-likeness (QED) is 0.474. The monoisotopic (exact) mass is 473 g/mol. The Kier molecular flexibility index (Phi) is 5.47. The lowest BCUT2D eigenvalue weighted by Crippen LogP contribution is -2.59. The van der Waals surface area contributed by atoms with Crippen LogP contribution < -0.4 is 9.47 Å². The van der Waals surface area contributed by atoms with Crippen LogP contribution in [0.25, 0.3) is 0 Å². The Morgan fingerprint density at radius 1 is 1.03 bits per heavy atom. The maximum Gasteiger partial charge on any atom is 0.200 e. The van der Waals surface area contributed by atoms with Crippen LogP contribution in [0.5, 0.6) is 11.5 Å². The SMILES string of the molecule is COc1ccc(C2=NN3C(C2)c2cc(Cl)ccc2OC32CCN(Cc3ccccc3)CC2)cc1. The topological polar surface area (TPSA) is 37.3 Å². The normalized spacial score (nSPS) is 20.9. The summed E-state index contributed by atoms with van der Waals surface area (Å²) in [6.45, 7) is 2.90. The van der Waals surface area contributed by atoms with Crippen LogP contribution >= 0.6 is 11.6 Å². The van der Waals surface area contributed by atoms with Gasteiger partial charge in [-0.2, -0.15) is 5.10 Å². The van der Waals surface area contributed by atoms with Gasteiger partial charge in [-0.15, -0.1) is 0 Å². The summed E-state index contributed by atoms with van der Waals surface area (Å²) >= 11 is 6.40. The van der Waals surface area contributed by atoms with E-state index in [0.717, 1.165) is 72.3 Å². The lowest BCUT2D eigenvalue weighted by Gasteiger charge is -2.51. The van der Waals surface area contributed by atoms with Gasteiger partial charge in [0.15, 0.2) is 0 Å². The van der Waals surface area contributed by atoms with E-state index in [1.54, 1.807) is 7.11 Å².